The van der Waals surface area contributed by atoms with E-state index in [9.17, 15) is 14.7 Å². The first-order chi connectivity index (χ1) is 17.5. The van der Waals surface area contributed by atoms with Gasteiger partial charge in [0.2, 0.25) is 0 Å². The van der Waals surface area contributed by atoms with Crippen LogP contribution in [0.1, 0.15) is 10.5 Å². The van der Waals surface area contributed by atoms with Gasteiger partial charge in [0.15, 0.2) is 11.4 Å². The molecule has 1 aliphatic rings. The van der Waals surface area contributed by atoms with Crippen molar-refractivity contribution in [2.45, 2.75) is 0 Å². The highest BCUT2D eigenvalue weighted by Crippen LogP contribution is 2.24. The van der Waals surface area contributed by atoms with Gasteiger partial charge < -0.3 is 19.6 Å². The van der Waals surface area contributed by atoms with Gasteiger partial charge >= 0.3 is 0 Å². The molecule has 10 nitrogen and oxygen atoms in total. The SMILES string of the molecule is COc1ccccc1-n1nc(C(=O)N2CCN(c3cc(-c4ccccc4)ncn3)CC2)c(O)cc1=O. The van der Waals surface area contributed by atoms with Crippen molar-refractivity contribution in [3.63, 3.8) is 0 Å². The fraction of sp³-hybridized carbons (Fsp3) is 0.192. The summed E-state index contributed by atoms with van der Waals surface area (Å²) in [5, 5.41) is 14.6. The van der Waals surface area contributed by atoms with Crippen molar-refractivity contribution in [3.05, 3.63) is 89.1 Å². The van der Waals surface area contributed by atoms with Crippen molar-refractivity contribution < 1.29 is 14.6 Å². The highest BCUT2D eigenvalue weighted by Gasteiger charge is 2.27. The number of amides is 1. The first-order valence-electron chi connectivity index (χ1n) is 11.4. The summed E-state index contributed by atoms with van der Waals surface area (Å²) in [6, 6.07) is 19.6. The maximum Gasteiger partial charge on any atom is 0.278 e. The van der Waals surface area contributed by atoms with Gasteiger partial charge in [-0.25, -0.2) is 9.97 Å². The molecule has 1 amide bonds. The van der Waals surface area contributed by atoms with E-state index in [1.54, 1.807) is 29.2 Å². The molecule has 182 valence electrons. The molecule has 3 heterocycles. The molecule has 1 N–H and O–H groups in total. The lowest BCUT2D eigenvalue weighted by atomic mass is 10.1. The number of aromatic nitrogens is 4. The number of hydrogen-bond donors (Lipinski definition) is 1. The lowest BCUT2D eigenvalue weighted by Gasteiger charge is -2.35. The number of aromatic hydroxyl groups is 1. The van der Waals surface area contributed by atoms with Crippen LogP contribution in [0.25, 0.3) is 16.9 Å². The van der Waals surface area contributed by atoms with Gasteiger partial charge in [-0.3, -0.25) is 9.59 Å². The Morgan fingerprint density at radius 1 is 0.944 bits per heavy atom. The number of ether oxygens (including phenoxy) is 1. The number of methoxy groups -OCH3 is 1. The minimum Gasteiger partial charge on any atom is -0.505 e. The predicted octanol–water partition coefficient (Wildman–Crippen LogP) is 2.37. The van der Waals surface area contributed by atoms with E-state index in [-0.39, 0.29) is 5.69 Å². The zero-order valence-electron chi connectivity index (χ0n) is 19.6. The van der Waals surface area contributed by atoms with E-state index >= 15 is 0 Å². The molecule has 36 heavy (non-hydrogen) atoms. The Morgan fingerprint density at radius 2 is 1.67 bits per heavy atom. The van der Waals surface area contributed by atoms with E-state index < -0.39 is 17.2 Å². The molecule has 0 atom stereocenters. The number of para-hydroxylation sites is 2. The second-order valence-electron chi connectivity index (χ2n) is 8.21. The Bertz CT molecular complexity index is 1450. The van der Waals surface area contributed by atoms with Crippen molar-refractivity contribution in [3.8, 4) is 28.4 Å². The van der Waals surface area contributed by atoms with Crippen molar-refractivity contribution in [2.75, 3.05) is 38.2 Å². The van der Waals surface area contributed by atoms with Crippen LogP contribution in [0.3, 0.4) is 0 Å². The quantitative estimate of drug-likeness (QED) is 0.459. The minimum absolute atomic E-state index is 0.192. The largest absolute Gasteiger partial charge is 0.505 e. The number of carbonyl (C=O) groups excluding carboxylic acids is 1. The summed E-state index contributed by atoms with van der Waals surface area (Å²) >= 11 is 0. The summed E-state index contributed by atoms with van der Waals surface area (Å²) in [6.07, 6.45) is 1.54. The van der Waals surface area contributed by atoms with Crippen molar-refractivity contribution >= 4 is 11.7 Å². The Kier molecular flexibility index (Phi) is 6.31. The summed E-state index contributed by atoms with van der Waals surface area (Å²) in [5.41, 5.74) is 1.44. The molecule has 0 spiro atoms. The first kappa shape index (κ1) is 23.0. The fourth-order valence-electron chi connectivity index (χ4n) is 4.15. The second kappa shape index (κ2) is 9.87. The molecule has 0 bridgehead atoms. The number of rotatable bonds is 5. The summed E-state index contributed by atoms with van der Waals surface area (Å²) in [4.78, 5) is 38.3. The molecule has 1 saturated heterocycles. The third-order valence-electron chi connectivity index (χ3n) is 6.04. The molecule has 1 aliphatic heterocycles. The Balaban J connectivity index is 1.34. The van der Waals surface area contributed by atoms with Gasteiger partial charge in [0, 0.05) is 43.9 Å². The number of hydrogen-bond acceptors (Lipinski definition) is 8. The van der Waals surface area contributed by atoms with Crippen molar-refractivity contribution in [1.29, 1.82) is 0 Å². The number of benzene rings is 2. The van der Waals surface area contributed by atoms with Crippen LogP contribution < -0.4 is 15.2 Å². The van der Waals surface area contributed by atoms with Gasteiger partial charge in [-0.2, -0.15) is 9.78 Å². The molecule has 1 fully saturated rings. The molecule has 4 aromatic rings. The predicted molar refractivity (Wildman–Crippen MR) is 134 cm³/mol. The lowest BCUT2D eigenvalue weighted by molar-refractivity contribution is 0.0735. The third kappa shape index (κ3) is 4.48. The molecule has 0 radical (unpaired) electrons. The zero-order valence-corrected chi connectivity index (χ0v) is 19.6. The normalized spacial score (nSPS) is 13.5. The number of carbonyl (C=O) groups is 1. The van der Waals surface area contributed by atoms with Crippen LogP contribution in [0, 0.1) is 0 Å². The van der Waals surface area contributed by atoms with Crippen LogP contribution in [0.15, 0.2) is 77.9 Å². The molecular weight excluding hydrogens is 460 g/mol. The van der Waals surface area contributed by atoms with E-state index in [4.69, 9.17) is 4.74 Å². The highest BCUT2D eigenvalue weighted by atomic mass is 16.5. The first-order valence-corrected chi connectivity index (χ1v) is 11.4. The molecule has 2 aromatic carbocycles. The maximum atomic E-state index is 13.3. The van der Waals surface area contributed by atoms with E-state index in [0.29, 0.717) is 37.6 Å². The van der Waals surface area contributed by atoms with Gasteiger partial charge in [0.25, 0.3) is 11.5 Å². The van der Waals surface area contributed by atoms with Crippen LogP contribution in [0.4, 0.5) is 5.82 Å². The molecule has 10 heteroatoms. The van der Waals surface area contributed by atoms with Gasteiger partial charge in [-0.15, -0.1) is 0 Å². The second-order valence-corrected chi connectivity index (χ2v) is 8.21. The summed E-state index contributed by atoms with van der Waals surface area (Å²) in [7, 11) is 1.48. The van der Waals surface area contributed by atoms with Crippen molar-refractivity contribution in [1.82, 2.24) is 24.6 Å². The molecular formula is C26H24N6O4. The summed E-state index contributed by atoms with van der Waals surface area (Å²) < 4.78 is 6.38. The Morgan fingerprint density at radius 3 is 2.42 bits per heavy atom. The maximum absolute atomic E-state index is 13.3. The lowest BCUT2D eigenvalue weighted by Crippen LogP contribution is -2.49. The van der Waals surface area contributed by atoms with E-state index in [1.165, 1.54) is 13.4 Å². The minimum atomic E-state index is -0.573. The molecule has 2 aromatic heterocycles. The van der Waals surface area contributed by atoms with Crippen LogP contribution >= 0.6 is 0 Å². The summed E-state index contributed by atoms with van der Waals surface area (Å²) in [5.74, 6) is 0.288. The van der Waals surface area contributed by atoms with Gasteiger partial charge in [0.05, 0.1) is 12.8 Å². The van der Waals surface area contributed by atoms with Gasteiger partial charge in [-0.05, 0) is 12.1 Å². The summed E-state index contributed by atoms with van der Waals surface area (Å²) in [6.45, 7) is 1.89. The molecule has 0 aliphatic carbocycles. The number of anilines is 1. The fourth-order valence-corrected chi connectivity index (χ4v) is 4.15. The van der Waals surface area contributed by atoms with Gasteiger partial charge in [0.1, 0.15) is 23.6 Å². The van der Waals surface area contributed by atoms with E-state index in [0.717, 1.165) is 27.8 Å². The van der Waals surface area contributed by atoms with Crippen molar-refractivity contribution in [2.24, 2.45) is 0 Å². The highest BCUT2D eigenvalue weighted by molar-refractivity contribution is 5.94. The standard InChI is InChI=1S/C26H24N6O4/c1-36-22-10-6-5-9-20(22)32-24(34)16-21(33)25(29-32)26(35)31-13-11-30(12-14-31)23-15-19(27-17-28-23)18-7-3-2-4-8-18/h2-10,15-17,33H,11-14H2,1H3. The van der Waals surface area contributed by atoms with Gasteiger partial charge in [-0.1, -0.05) is 42.5 Å². The Hall–Kier alpha value is -4.73. The van der Waals surface area contributed by atoms with E-state index in [1.807, 2.05) is 36.4 Å². The van der Waals surface area contributed by atoms with Crippen LogP contribution in [-0.4, -0.2) is 69.0 Å². The number of piperazine rings is 1. The Labute approximate surface area is 207 Å². The average molecular weight is 485 g/mol. The van der Waals surface area contributed by atoms with Crippen LogP contribution in [-0.2, 0) is 0 Å². The molecule has 0 unspecified atom stereocenters. The molecule has 5 rings (SSSR count). The van der Waals surface area contributed by atoms with Crippen LogP contribution in [0.2, 0.25) is 0 Å². The smallest absolute Gasteiger partial charge is 0.278 e. The molecule has 0 saturated carbocycles. The zero-order chi connectivity index (χ0) is 25.1. The number of nitrogens with zero attached hydrogens (tertiary/aromatic N) is 6. The topological polar surface area (TPSA) is 114 Å². The van der Waals surface area contributed by atoms with E-state index in [2.05, 4.69) is 20.0 Å². The van der Waals surface area contributed by atoms with Crippen LogP contribution in [0.5, 0.6) is 11.5 Å². The third-order valence-corrected chi connectivity index (χ3v) is 6.04. The average Bonchev–Trinajstić information content (AvgIpc) is 2.93. The monoisotopic (exact) mass is 484 g/mol.